The van der Waals surface area contributed by atoms with E-state index in [2.05, 4.69) is 0 Å². The average molecular weight is 294 g/mol. The van der Waals surface area contributed by atoms with Crippen molar-refractivity contribution in [3.63, 3.8) is 0 Å². The molecule has 1 saturated carbocycles. The molecule has 0 bridgehead atoms. The van der Waals surface area contributed by atoms with Gasteiger partial charge in [0.05, 0.1) is 4.90 Å². The van der Waals surface area contributed by atoms with Gasteiger partial charge in [0.25, 0.3) is 0 Å². The first-order valence-corrected chi connectivity index (χ1v) is 8.24. The molecule has 1 aliphatic heterocycles. The van der Waals surface area contributed by atoms with Gasteiger partial charge in [-0.25, -0.2) is 8.42 Å². The molecule has 0 spiro atoms. The smallest absolute Gasteiger partial charge is 0.243 e. The standard InChI is InChI=1S/C14H18N2O3S/c1-10(17)16-8-7-11-9-13(5-6-14(11)16)20(18,19)15(2)12-3-4-12/h5-6,9,12H,3-4,7-8H2,1-2H3. The summed E-state index contributed by atoms with van der Waals surface area (Å²) in [4.78, 5) is 13.5. The normalized spacial score (nSPS) is 18.4. The van der Waals surface area contributed by atoms with Crippen LogP contribution in [0, 0.1) is 0 Å². The van der Waals surface area contributed by atoms with Crippen molar-refractivity contribution in [1.29, 1.82) is 0 Å². The van der Waals surface area contributed by atoms with E-state index in [0.29, 0.717) is 17.9 Å². The zero-order valence-electron chi connectivity index (χ0n) is 11.7. The number of benzene rings is 1. The van der Waals surface area contributed by atoms with Crippen molar-refractivity contribution in [1.82, 2.24) is 4.31 Å². The molecular formula is C14H18N2O3S. The Labute approximate surface area is 119 Å². The quantitative estimate of drug-likeness (QED) is 0.846. The van der Waals surface area contributed by atoms with Crippen molar-refractivity contribution in [3.05, 3.63) is 23.8 Å². The van der Waals surface area contributed by atoms with Crippen molar-refractivity contribution in [2.24, 2.45) is 0 Å². The molecule has 5 nitrogen and oxygen atoms in total. The summed E-state index contributed by atoms with van der Waals surface area (Å²) in [6, 6.07) is 5.22. The van der Waals surface area contributed by atoms with Gasteiger partial charge >= 0.3 is 0 Å². The molecule has 0 saturated heterocycles. The van der Waals surface area contributed by atoms with Gasteiger partial charge in [-0.3, -0.25) is 4.79 Å². The second-order valence-electron chi connectivity index (χ2n) is 5.46. The van der Waals surface area contributed by atoms with E-state index in [4.69, 9.17) is 0 Å². The zero-order valence-corrected chi connectivity index (χ0v) is 12.5. The lowest BCUT2D eigenvalue weighted by Gasteiger charge is -2.18. The fraction of sp³-hybridized carbons (Fsp3) is 0.500. The summed E-state index contributed by atoms with van der Waals surface area (Å²) in [5, 5.41) is 0. The van der Waals surface area contributed by atoms with E-state index in [1.807, 2.05) is 0 Å². The molecule has 0 unspecified atom stereocenters. The van der Waals surface area contributed by atoms with E-state index in [9.17, 15) is 13.2 Å². The molecule has 6 heteroatoms. The van der Waals surface area contributed by atoms with Crippen LogP contribution in [0.4, 0.5) is 5.69 Å². The molecule has 1 aromatic rings. The van der Waals surface area contributed by atoms with Crippen LogP contribution in [0.25, 0.3) is 0 Å². The summed E-state index contributed by atoms with van der Waals surface area (Å²) in [7, 11) is -1.76. The van der Waals surface area contributed by atoms with Gasteiger partial charge in [0.15, 0.2) is 0 Å². The molecule has 108 valence electrons. The molecule has 0 radical (unpaired) electrons. The summed E-state index contributed by atoms with van der Waals surface area (Å²) >= 11 is 0. The molecule has 0 N–H and O–H groups in total. The Morgan fingerprint density at radius 3 is 2.65 bits per heavy atom. The minimum atomic E-state index is -3.41. The number of fused-ring (bicyclic) bond motifs is 1. The van der Waals surface area contributed by atoms with Crippen LogP contribution in [0.15, 0.2) is 23.1 Å². The fourth-order valence-electron chi connectivity index (χ4n) is 2.67. The lowest BCUT2D eigenvalue weighted by atomic mass is 10.2. The van der Waals surface area contributed by atoms with Crippen LogP contribution in [0.3, 0.4) is 0 Å². The van der Waals surface area contributed by atoms with Gasteiger partial charge in [0.1, 0.15) is 0 Å². The van der Waals surface area contributed by atoms with Crippen molar-refractivity contribution in [3.8, 4) is 0 Å². The summed E-state index contributed by atoms with van der Waals surface area (Å²) in [6.07, 6.45) is 2.60. The highest BCUT2D eigenvalue weighted by Crippen LogP contribution is 2.34. The third kappa shape index (κ3) is 2.13. The molecule has 1 heterocycles. The molecule has 1 fully saturated rings. The Balaban J connectivity index is 1.96. The molecule has 20 heavy (non-hydrogen) atoms. The van der Waals surface area contributed by atoms with Crippen LogP contribution >= 0.6 is 0 Å². The highest BCUT2D eigenvalue weighted by molar-refractivity contribution is 7.89. The number of rotatable bonds is 3. The molecule has 1 amide bonds. The van der Waals surface area contributed by atoms with Crippen molar-refractivity contribution >= 4 is 21.6 Å². The summed E-state index contributed by atoms with van der Waals surface area (Å²) in [6.45, 7) is 2.16. The number of hydrogen-bond donors (Lipinski definition) is 0. The van der Waals surface area contributed by atoms with Gasteiger partial charge in [0, 0.05) is 32.2 Å². The summed E-state index contributed by atoms with van der Waals surface area (Å²) < 4.78 is 26.4. The molecule has 1 aliphatic carbocycles. The van der Waals surface area contributed by atoms with Gasteiger partial charge in [-0.05, 0) is 43.0 Å². The van der Waals surface area contributed by atoms with Crippen LogP contribution in [0.1, 0.15) is 25.3 Å². The molecule has 1 aromatic carbocycles. The van der Waals surface area contributed by atoms with E-state index in [1.165, 1.54) is 11.2 Å². The highest BCUT2D eigenvalue weighted by Gasteiger charge is 2.35. The van der Waals surface area contributed by atoms with Crippen molar-refractivity contribution in [2.75, 3.05) is 18.5 Å². The van der Waals surface area contributed by atoms with E-state index in [1.54, 1.807) is 30.1 Å². The van der Waals surface area contributed by atoms with Gasteiger partial charge < -0.3 is 4.90 Å². The highest BCUT2D eigenvalue weighted by atomic mass is 32.2. The number of sulfonamides is 1. The minimum Gasteiger partial charge on any atom is -0.312 e. The van der Waals surface area contributed by atoms with E-state index < -0.39 is 10.0 Å². The molecular weight excluding hydrogens is 276 g/mol. The summed E-state index contributed by atoms with van der Waals surface area (Å²) in [5.74, 6) is -0.00513. The van der Waals surface area contributed by atoms with Crippen LogP contribution in [0.2, 0.25) is 0 Å². The van der Waals surface area contributed by atoms with E-state index >= 15 is 0 Å². The Kier molecular flexibility index (Phi) is 3.10. The number of carbonyl (C=O) groups excluding carboxylic acids is 1. The lowest BCUT2D eigenvalue weighted by Crippen LogP contribution is -2.29. The fourth-order valence-corrected chi connectivity index (χ4v) is 4.13. The molecule has 2 aliphatic rings. The number of nitrogens with zero attached hydrogens (tertiary/aromatic N) is 2. The van der Waals surface area contributed by atoms with E-state index in [0.717, 1.165) is 24.1 Å². The molecule has 0 aromatic heterocycles. The predicted molar refractivity (Wildman–Crippen MR) is 76.1 cm³/mol. The lowest BCUT2D eigenvalue weighted by molar-refractivity contribution is -0.116. The first-order chi connectivity index (χ1) is 9.41. The van der Waals surface area contributed by atoms with Crippen LogP contribution in [0.5, 0.6) is 0 Å². The number of amides is 1. The van der Waals surface area contributed by atoms with Gasteiger partial charge in [-0.2, -0.15) is 4.31 Å². The molecule has 0 atom stereocenters. The van der Waals surface area contributed by atoms with Crippen LogP contribution < -0.4 is 4.90 Å². The maximum absolute atomic E-state index is 12.5. The number of carbonyl (C=O) groups is 1. The SMILES string of the molecule is CC(=O)N1CCc2cc(S(=O)(=O)N(C)C3CC3)ccc21. The predicted octanol–water partition coefficient (Wildman–Crippen LogP) is 1.38. The zero-order chi connectivity index (χ0) is 14.5. The number of hydrogen-bond acceptors (Lipinski definition) is 3. The monoisotopic (exact) mass is 294 g/mol. The first-order valence-electron chi connectivity index (χ1n) is 6.80. The van der Waals surface area contributed by atoms with Crippen molar-refractivity contribution in [2.45, 2.75) is 37.1 Å². The Hall–Kier alpha value is -1.40. The Morgan fingerprint density at radius 1 is 1.35 bits per heavy atom. The third-order valence-electron chi connectivity index (χ3n) is 4.06. The number of anilines is 1. The largest absolute Gasteiger partial charge is 0.312 e. The van der Waals surface area contributed by atoms with Crippen molar-refractivity contribution < 1.29 is 13.2 Å². The maximum Gasteiger partial charge on any atom is 0.243 e. The van der Waals surface area contributed by atoms with Gasteiger partial charge in [-0.1, -0.05) is 0 Å². The Bertz CT molecular complexity index is 665. The van der Waals surface area contributed by atoms with Gasteiger partial charge in [-0.15, -0.1) is 0 Å². The minimum absolute atomic E-state index is 0.00513. The van der Waals surface area contributed by atoms with E-state index in [-0.39, 0.29) is 11.9 Å². The first kappa shape index (κ1) is 13.6. The maximum atomic E-state index is 12.5. The summed E-state index contributed by atoms with van der Waals surface area (Å²) in [5.41, 5.74) is 1.77. The second-order valence-corrected chi connectivity index (χ2v) is 7.46. The third-order valence-corrected chi connectivity index (χ3v) is 5.97. The van der Waals surface area contributed by atoms with Gasteiger partial charge in [0.2, 0.25) is 15.9 Å². The van der Waals surface area contributed by atoms with Crippen LogP contribution in [-0.2, 0) is 21.2 Å². The topological polar surface area (TPSA) is 57.7 Å². The molecule has 3 rings (SSSR count). The van der Waals surface area contributed by atoms with Crippen LogP contribution in [-0.4, -0.2) is 38.3 Å². The second kappa shape index (κ2) is 4.56. The average Bonchev–Trinajstić information content (AvgIpc) is 3.15. The Morgan fingerprint density at radius 2 is 2.05 bits per heavy atom.